The lowest BCUT2D eigenvalue weighted by Crippen LogP contribution is -1.93. The van der Waals surface area contributed by atoms with Gasteiger partial charge in [0.2, 0.25) is 0 Å². The van der Waals surface area contributed by atoms with Gasteiger partial charge in [0.15, 0.2) is 0 Å². The molecule has 140 valence electrons. The van der Waals surface area contributed by atoms with E-state index in [-0.39, 0.29) is 10.6 Å². The Kier molecular flexibility index (Phi) is 6.13. The Morgan fingerprint density at radius 2 is 1.39 bits per heavy atom. The van der Waals surface area contributed by atoms with E-state index in [1.165, 1.54) is 30.3 Å². The van der Waals surface area contributed by atoms with Gasteiger partial charge in [0.1, 0.15) is 17.5 Å². The van der Waals surface area contributed by atoms with Gasteiger partial charge in [-0.3, -0.25) is 0 Å². The Bertz CT molecular complexity index is 1070. The molecule has 0 aliphatic rings. The van der Waals surface area contributed by atoms with E-state index >= 15 is 0 Å². The van der Waals surface area contributed by atoms with Crippen LogP contribution in [0.1, 0.15) is 23.6 Å². The zero-order valence-corrected chi connectivity index (χ0v) is 15.6. The van der Waals surface area contributed by atoms with Crippen LogP contribution in [0, 0.1) is 29.3 Å². The average molecular weight is 399 g/mol. The van der Waals surface area contributed by atoms with Gasteiger partial charge in [0, 0.05) is 5.56 Å². The maximum atomic E-state index is 14.0. The van der Waals surface area contributed by atoms with Gasteiger partial charge in [-0.05, 0) is 66.6 Å². The molecule has 0 aliphatic heterocycles. The number of benzene rings is 3. The molecule has 3 aromatic carbocycles. The fourth-order valence-corrected chi connectivity index (χ4v) is 2.53. The molecule has 0 radical (unpaired) electrons. The molecule has 0 saturated heterocycles. The molecule has 0 bridgehead atoms. The molecule has 3 rings (SSSR count). The van der Waals surface area contributed by atoms with Crippen molar-refractivity contribution in [2.24, 2.45) is 10.2 Å². The third kappa shape index (κ3) is 4.79. The van der Waals surface area contributed by atoms with Crippen LogP contribution in [0.2, 0.25) is 5.02 Å². The predicted molar refractivity (Wildman–Crippen MR) is 104 cm³/mol. The summed E-state index contributed by atoms with van der Waals surface area (Å²) >= 11 is 5.70. The molecular weight excluding hydrogens is 385 g/mol. The van der Waals surface area contributed by atoms with E-state index in [0.717, 1.165) is 0 Å². The third-order valence-corrected chi connectivity index (χ3v) is 4.18. The molecule has 0 saturated carbocycles. The average Bonchev–Trinajstić information content (AvgIpc) is 2.69. The lowest BCUT2D eigenvalue weighted by Gasteiger charge is -2.01. The van der Waals surface area contributed by atoms with Crippen molar-refractivity contribution in [1.29, 1.82) is 0 Å². The van der Waals surface area contributed by atoms with Crippen LogP contribution in [0.25, 0.3) is 0 Å². The van der Waals surface area contributed by atoms with Gasteiger partial charge >= 0.3 is 0 Å². The lowest BCUT2D eigenvalue weighted by molar-refractivity contribution is 0.574. The molecule has 0 amide bonds. The predicted octanol–water partition coefficient (Wildman–Crippen LogP) is 7.13. The number of nitrogens with zero attached hydrogens (tertiary/aromatic N) is 2. The zero-order valence-electron chi connectivity index (χ0n) is 14.8. The minimum Gasteiger partial charge on any atom is -0.206 e. The standard InChI is InChI=1S/C22H14ClF3N2/c1-2-14-11-21(25)18(22(26)12-14)9-5-15-3-6-16(7-4-15)27-28-17-8-10-20(24)19(23)13-17/h3-4,6-8,10-13H,2H2,1H3. The highest BCUT2D eigenvalue weighted by atomic mass is 35.5. The van der Waals surface area contributed by atoms with Crippen LogP contribution >= 0.6 is 11.6 Å². The molecule has 0 heterocycles. The molecule has 0 spiro atoms. The van der Waals surface area contributed by atoms with Crippen molar-refractivity contribution in [1.82, 2.24) is 0 Å². The summed E-state index contributed by atoms with van der Waals surface area (Å²) in [6.45, 7) is 1.82. The summed E-state index contributed by atoms with van der Waals surface area (Å²) < 4.78 is 41.1. The minimum absolute atomic E-state index is 0.0338. The van der Waals surface area contributed by atoms with E-state index < -0.39 is 17.5 Å². The summed E-state index contributed by atoms with van der Waals surface area (Å²) in [4.78, 5) is 0. The van der Waals surface area contributed by atoms with Crippen molar-refractivity contribution in [2.75, 3.05) is 0 Å². The highest BCUT2D eigenvalue weighted by Crippen LogP contribution is 2.24. The second kappa shape index (κ2) is 8.73. The second-order valence-electron chi connectivity index (χ2n) is 5.88. The quantitative estimate of drug-likeness (QED) is 0.331. The first-order valence-electron chi connectivity index (χ1n) is 8.43. The van der Waals surface area contributed by atoms with Crippen molar-refractivity contribution in [3.63, 3.8) is 0 Å². The highest BCUT2D eigenvalue weighted by Gasteiger charge is 2.08. The smallest absolute Gasteiger partial charge is 0.142 e. The van der Waals surface area contributed by atoms with E-state index in [9.17, 15) is 13.2 Å². The molecule has 0 atom stereocenters. The van der Waals surface area contributed by atoms with Gasteiger partial charge in [-0.1, -0.05) is 30.4 Å². The first-order chi connectivity index (χ1) is 13.5. The minimum atomic E-state index is -0.673. The molecule has 3 aromatic rings. The van der Waals surface area contributed by atoms with Gasteiger partial charge in [-0.15, -0.1) is 0 Å². The van der Waals surface area contributed by atoms with Gasteiger partial charge in [0.25, 0.3) is 0 Å². The Hall–Kier alpha value is -3.10. The fraction of sp³-hybridized carbons (Fsp3) is 0.0909. The number of halogens is 4. The third-order valence-electron chi connectivity index (χ3n) is 3.89. The Morgan fingerprint density at radius 1 is 0.786 bits per heavy atom. The van der Waals surface area contributed by atoms with Gasteiger partial charge < -0.3 is 0 Å². The molecule has 0 aromatic heterocycles. The molecule has 0 N–H and O–H groups in total. The SMILES string of the molecule is CCc1cc(F)c(C#Cc2ccc(N=Nc3ccc(F)c(Cl)c3)cc2)c(F)c1. The summed E-state index contributed by atoms with van der Waals surface area (Å²) in [5.74, 6) is 3.39. The van der Waals surface area contributed by atoms with Crippen LogP contribution < -0.4 is 0 Å². The maximum absolute atomic E-state index is 14.0. The lowest BCUT2D eigenvalue weighted by atomic mass is 10.1. The van der Waals surface area contributed by atoms with E-state index in [1.807, 2.05) is 6.92 Å². The van der Waals surface area contributed by atoms with Gasteiger partial charge in [0.05, 0.1) is 22.0 Å². The van der Waals surface area contributed by atoms with Crippen LogP contribution in [-0.4, -0.2) is 0 Å². The van der Waals surface area contributed by atoms with E-state index in [2.05, 4.69) is 22.1 Å². The largest absolute Gasteiger partial charge is 0.206 e. The zero-order chi connectivity index (χ0) is 20.1. The summed E-state index contributed by atoms with van der Waals surface area (Å²) in [5, 5.41) is 7.98. The number of aryl methyl sites for hydroxylation is 1. The van der Waals surface area contributed by atoms with Crippen LogP contribution in [0.3, 0.4) is 0 Å². The van der Waals surface area contributed by atoms with Gasteiger partial charge in [-0.25, -0.2) is 13.2 Å². The van der Waals surface area contributed by atoms with Crippen molar-refractivity contribution in [3.05, 3.63) is 93.8 Å². The summed E-state index contributed by atoms with van der Waals surface area (Å²) in [6, 6.07) is 13.3. The summed E-state index contributed by atoms with van der Waals surface area (Å²) in [7, 11) is 0. The normalized spacial score (nSPS) is 10.8. The molecule has 0 aliphatic carbocycles. The second-order valence-corrected chi connectivity index (χ2v) is 6.29. The summed E-state index contributed by atoms with van der Waals surface area (Å²) in [5.41, 5.74) is 1.85. The van der Waals surface area contributed by atoms with Crippen molar-refractivity contribution >= 4 is 23.0 Å². The number of rotatable bonds is 3. The van der Waals surface area contributed by atoms with Gasteiger partial charge in [-0.2, -0.15) is 10.2 Å². The van der Waals surface area contributed by atoms with Crippen molar-refractivity contribution in [2.45, 2.75) is 13.3 Å². The van der Waals surface area contributed by atoms with E-state index in [1.54, 1.807) is 24.3 Å². The number of hydrogen-bond acceptors (Lipinski definition) is 2. The molecular formula is C22H14ClF3N2. The molecule has 28 heavy (non-hydrogen) atoms. The van der Waals surface area contributed by atoms with Crippen LogP contribution in [0.15, 0.2) is 64.8 Å². The monoisotopic (exact) mass is 398 g/mol. The first-order valence-corrected chi connectivity index (χ1v) is 8.81. The Labute approximate surface area is 165 Å². The Balaban J connectivity index is 1.76. The van der Waals surface area contributed by atoms with E-state index in [0.29, 0.717) is 28.9 Å². The molecule has 0 fully saturated rings. The molecule has 2 nitrogen and oxygen atoms in total. The Morgan fingerprint density at radius 3 is 2.00 bits per heavy atom. The fourth-order valence-electron chi connectivity index (χ4n) is 2.36. The van der Waals surface area contributed by atoms with E-state index in [4.69, 9.17) is 11.6 Å². The van der Waals surface area contributed by atoms with Crippen molar-refractivity contribution < 1.29 is 13.2 Å². The number of azo groups is 1. The van der Waals surface area contributed by atoms with Crippen LogP contribution in [-0.2, 0) is 6.42 Å². The molecule has 6 heteroatoms. The maximum Gasteiger partial charge on any atom is 0.142 e. The highest BCUT2D eigenvalue weighted by molar-refractivity contribution is 6.30. The van der Waals surface area contributed by atoms with Crippen LogP contribution in [0.4, 0.5) is 24.5 Å². The number of hydrogen-bond donors (Lipinski definition) is 0. The topological polar surface area (TPSA) is 24.7 Å². The van der Waals surface area contributed by atoms with Crippen molar-refractivity contribution in [3.8, 4) is 11.8 Å². The first kappa shape index (κ1) is 19.7. The molecule has 0 unspecified atom stereocenters. The van der Waals surface area contributed by atoms with Crippen LogP contribution in [0.5, 0.6) is 0 Å². The summed E-state index contributed by atoms with van der Waals surface area (Å²) in [6.07, 6.45) is 0.543.